The van der Waals surface area contributed by atoms with Crippen molar-refractivity contribution in [2.45, 2.75) is 32.8 Å². The maximum absolute atomic E-state index is 12.4. The number of carbonyl (C=O) groups excluding carboxylic acids is 2. The van der Waals surface area contributed by atoms with Crippen LogP contribution in [0.1, 0.15) is 26.7 Å². The molecule has 1 N–H and O–H groups in total. The summed E-state index contributed by atoms with van der Waals surface area (Å²) in [5.74, 6) is -0.846. The zero-order chi connectivity index (χ0) is 15.9. The van der Waals surface area contributed by atoms with Crippen LogP contribution in [-0.4, -0.2) is 37.6 Å². The molecule has 22 heavy (non-hydrogen) atoms. The molecule has 0 bridgehead atoms. The van der Waals surface area contributed by atoms with E-state index < -0.39 is 5.92 Å². The standard InChI is InChI=1S/C17H24N2O3/c1-13(2)22-12-6-10-18-16(20)15-9-11-19(17(15)21)14-7-4-3-5-8-14/h3-5,7-8,13,15H,6,9-12H2,1-2H3,(H,18,20). The highest BCUT2D eigenvalue weighted by molar-refractivity contribution is 6.09. The molecule has 1 unspecified atom stereocenters. The summed E-state index contributed by atoms with van der Waals surface area (Å²) in [6, 6.07) is 9.48. The van der Waals surface area contributed by atoms with E-state index in [2.05, 4.69) is 5.32 Å². The maximum Gasteiger partial charge on any atom is 0.239 e. The molecule has 1 aromatic rings. The molecule has 1 fully saturated rings. The van der Waals surface area contributed by atoms with E-state index in [9.17, 15) is 9.59 Å². The molecule has 1 heterocycles. The van der Waals surface area contributed by atoms with Gasteiger partial charge < -0.3 is 15.0 Å². The van der Waals surface area contributed by atoms with Crippen molar-refractivity contribution < 1.29 is 14.3 Å². The number of amides is 2. The predicted molar refractivity (Wildman–Crippen MR) is 85.6 cm³/mol. The lowest BCUT2D eigenvalue weighted by molar-refractivity contribution is -0.132. The van der Waals surface area contributed by atoms with Crippen LogP contribution in [-0.2, 0) is 14.3 Å². The van der Waals surface area contributed by atoms with Gasteiger partial charge in [0.05, 0.1) is 6.10 Å². The van der Waals surface area contributed by atoms with Gasteiger partial charge >= 0.3 is 0 Å². The van der Waals surface area contributed by atoms with Crippen LogP contribution < -0.4 is 10.2 Å². The second-order valence-corrected chi connectivity index (χ2v) is 5.73. The van der Waals surface area contributed by atoms with E-state index in [0.717, 1.165) is 12.1 Å². The molecule has 0 saturated carbocycles. The second-order valence-electron chi connectivity index (χ2n) is 5.73. The Balaban J connectivity index is 1.79. The Morgan fingerprint density at radius 3 is 2.77 bits per heavy atom. The minimum Gasteiger partial charge on any atom is -0.379 e. The number of nitrogens with one attached hydrogen (secondary N) is 1. The van der Waals surface area contributed by atoms with Gasteiger partial charge in [0.25, 0.3) is 0 Å². The van der Waals surface area contributed by atoms with Gasteiger partial charge in [0, 0.05) is 25.4 Å². The number of hydrogen-bond acceptors (Lipinski definition) is 3. The normalized spacial score (nSPS) is 18.0. The third kappa shape index (κ3) is 4.31. The van der Waals surface area contributed by atoms with Gasteiger partial charge in [-0.15, -0.1) is 0 Å². The molecular formula is C17H24N2O3. The monoisotopic (exact) mass is 304 g/mol. The van der Waals surface area contributed by atoms with Crippen molar-refractivity contribution in [1.82, 2.24) is 5.32 Å². The summed E-state index contributed by atoms with van der Waals surface area (Å²) in [4.78, 5) is 26.2. The molecule has 0 radical (unpaired) electrons. The molecule has 1 aliphatic rings. The summed E-state index contributed by atoms with van der Waals surface area (Å²) in [5, 5.41) is 2.83. The molecule has 0 aromatic heterocycles. The number of ether oxygens (including phenoxy) is 1. The van der Waals surface area contributed by atoms with Crippen LogP contribution in [0.5, 0.6) is 0 Å². The minimum absolute atomic E-state index is 0.109. The summed E-state index contributed by atoms with van der Waals surface area (Å²) in [6.45, 7) is 5.71. The van der Waals surface area contributed by atoms with Gasteiger partial charge in [0.15, 0.2) is 0 Å². The Kier molecular flexibility index (Phi) is 5.95. The Morgan fingerprint density at radius 1 is 1.36 bits per heavy atom. The van der Waals surface area contributed by atoms with E-state index in [1.807, 2.05) is 44.2 Å². The molecule has 5 nitrogen and oxygen atoms in total. The van der Waals surface area contributed by atoms with Gasteiger partial charge in [-0.2, -0.15) is 0 Å². The number of rotatable bonds is 7. The molecule has 120 valence electrons. The lowest BCUT2D eigenvalue weighted by atomic mass is 10.1. The smallest absolute Gasteiger partial charge is 0.239 e. The highest BCUT2D eigenvalue weighted by atomic mass is 16.5. The molecule has 2 amide bonds. The van der Waals surface area contributed by atoms with E-state index in [4.69, 9.17) is 4.74 Å². The van der Waals surface area contributed by atoms with Gasteiger partial charge in [0.2, 0.25) is 11.8 Å². The molecule has 5 heteroatoms. The number of nitrogens with zero attached hydrogens (tertiary/aromatic N) is 1. The first-order chi connectivity index (χ1) is 10.6. The van der Waals surface area contributed by atoms with Gasteiger partial charge in [-0.05, 0) is 38.8 Å². The van der Waals surface area contributed by atoms with Gasteiger partial charge in [-0.3, -0.25) is 9.59 Å². The molecule has 1 saturated heterocycles. The lowest BCUT2D eigenvalue weighted by Crippen LogP contribution is -2.37. The van der Waals surface area contributed by atoms with E-state index in [1.54, 1.807) is 4.90 Å². The van der Waals surface area contributed by atoms with Crippen molar-refractivity contribution in [3.05, 3.63) is 30.3 Å². The highest BCUT2D eigenvalue weighted by Gasteiger charge is 2.37. The van der Waals surface area contributed by atoms with Crippen molar-refractivity contribution in [3.63, 3.8) is 0 Å². The summed E-state index contributed by atoms with van der Waals surface area (Å²) in [5.41, 5.74) is 0.855. The lowest BCUT2D eigenvalue weighted by Gasteiger charge is -2.16. The highest BCUT2D eigenvalue weighted by Crippen LogP contribution is 2.24. The fraction of sp³-hybridized carbons (Fsp3) is 0.529. The van der Waals surface area contributed by atoms with Crippen LogP contribution in [0.15, 0.2) is 30.3 Å². The first-order valence-electron chi connectivity index (χ1n) is 7.85. The molecule has 0 spiro atoms. The summed E-state index contributed by atoms with van der Waals surface area (Å²) in [6.07, 6.45) is 1.53. The number of para-hydroxylation sites is 1. The van der Waals surface area contributed by atoms with Gasteiger partial charge in [-0.25, -0.2) is 0 Å². The second kappa shape index (κ2) is 7.94. The molecule has 2 rings (SSSR count). The minimum atomic E-state index is -0.564. The fourth-order valence-corrected chi connectivity index (χ4v) is 2.51. The first-order valence-corrected chi connectivity index (χ1v) is 7.85. The van der Waals surface area contributed by atoms with Crippen LogP contribution in [0.3, 0.4) is 0 Å². The van der Waals surface area contributed by atoms with E-state index in [0.29, 0.717) is 26.1 Å². The number of hydrogen-bond donors (Lipinski definition) is 1. The van der Waals surface area contributed by atoms with Crippen LogP contribution in [0.4, 0.5) is 5.69 Å². The number of carbonyl (C=O) groups is 2. The van der Waals surface area contributed by atoms with E-state index >= 15 is 0 Å². The maximum atomic E-state index is 12.4. The van der Waals surface area contributed by atoms with Gasteiger partial charge in [-0.1, -0.05) is 18.2 Å². The number of benzene rings is 1. The zero-order valence-electron chi connectivity index (χ0n) is 13.2. The predicted octanol–water partition coefficient (Wildman–Crippen LogP) is 1.97. The van der Waals surface area contributed by atoms with E-state index in [-0.39, 0.29) is 17.9 Å². The Morgan fingerprint density at radius 2 is 2.09 bits per heavy atom. The van der Waals surface area contributed by atoms with Crippen LogP contribution >= 0.6 is 0 Å². The van der Waals surface area contributed by atoms with E-state index in [1.165, 1.54) is 0 Å². The largest absolute Gasteiger partial charge is 0.379 e. The summed E-state index contributed by atoms with van der Waals surface area (Å²) < 4.78 is 5.42. The Labute approximate surface area is 131 Å². The fourth-order valence-electron chi connectivity index (χ4n) is 2.51. The Bertz CT molecular complexity index is 502. The Hall–Kier alpha value is -1.88. The average Bonchev–Trinajstić information content (AvgIpc) is 2.89. The summed E-state index contributed by atoms with van der Waals surface area (Å²) >= 11 is 0. The average molecular weight is 304 g/mol. The third-order valence-electron chi connectivity index (χ3n) is 3.66. The van der Waals surface area contributed by atoms with Crippen molar-refractivity contribution in [2.24, 2.45) is 5.92 Å². The zero-order valence-corrected chi connectivity index (χ0v) is 13.2. The van der Waals surface area contributed by atoms with Gasteiger partial charge in [0.1, 0.15) is 5.92 Å². The van der Waals surface area contributed by atoms with Crippen LogP contribution in [0.25, 0.3) is 0 Å². The third-order valence-corrected chi connectivity index (χ3v) is 3.66. The quantitative estimate of drug-likeness (QED) is 0.619. The van der Waals surface area contributed by atoms with Crippen molar-refractivity contribution >= 4 is 17.5 Å². The van der Waals surface area contributed by atoms with Crippen molar-refractivity contribution in [3.8, 4) is 0 Å². The van der Waals surface area contributed by atoms with Crippen molar-refractivity contribution in [2.75, 3.05) is 24.6 Å². The van der Waals surface area contributed by atoms with Crippen molar-refractivity contribution in [1.29, 1.82) is 0 Å². The summed E-state index contributed by atoms with van der Waals surface area (Å²) in [7, 11) is 0. The molecule has 1 aromatic carbocycles. The first kappa shape index (κ1) is 16.5. The topological polar surface area (TPSA) is 58.6 Å². The van der Waals surface area contributed by atoms with Crippen LogP contribution in [0.2, 0.25) is 0 Å². The SMILES string of the molecule is CC(C)OCCCNC(=O)C1CCN(c2ccccc2)C1=O. The molecule has 0 aliphatic carbocycles. The molecule has 1 aliphatic heterocycles. The number of anilines is 1. The molecular weight excluding hydrogens is 280 g/mol. The van der Waals surface area contributed by atoms with Crippen LogP contribution in [0, 0.1) is 5.92 Å². The molecule has 1 atom stereocenters.